The van der Waals surface area contributed by atoms with Crippen molar-refractivity contribution in [1.29, 1.82) is 0 Å². The molecule has 0 rings (SSSR count). The van der Waals surface area contributed by atoms with Gasteiger partial charge in [0, 0.05) is 6.42 Å². The molecular formula is C58H101NO5. The Hall–Kier alpha value is -2.96. The topological polar surface area (TPSA) is 95.9 Å². The predicted octanol–water partition coefficient (Wildman–Crippen LogP) is 16.3. The highest BCUT2D eigenvalue weighted by Crippen LogP contribution is 2.17. The maximum absolute atomic E-state index is 13.2. The number of esters is 1. The van der Waals surface area contributed by atoms with Gasteiger partial charge in [0.1, 0.15) is 6.10 Å². The number of carbonyl (C=O) groups excluding carboxylic acids is 2. The number of ether oxygens (including phenoxy) is 1. The second-order valence-electron chi connectivity index (χ2n) is 17.9. The summed E-state index contributed by atoms with van der Waals surface area (Å²) in [4.78, 5) is 26.2. The molecule has 368 valence electrons. The van der Waals surface area contributed by atoms with Gasteiger partial charge < -0.3 is 20.3 Å². The van der Waals surface area contributed by atoms with Crippen molar-refractivity contribution >= 4 is 11.9 Å². The van der Waals surface area contributed by atoms with Gasteiger partial charge in [-0.2, -0.15) is 0 Å². The molecule has 0 saturated heterocycles. The lowest BCUT2D eigenvalue weighted by Crippen LogP contribution is -2.46. The first-order chi connectivity index (χ1) is 31.5. The standard InChI is InChI=1S/C58H101NO5/c1-4-7-10-13-16-19-22-25-28-30-33-36-39-42-45-48-51-58(63)64-54(49-46-43-40-37-34-31-29-26-23-20-17-14-11-8-5-2)52-57(62)59-55(53-60)56(61)50-47-44-41-38-35-32-27-24-21-18-15-12-9-6-3/h7,10,16-17,19-20,25-26,28-29,33,36,42,45,54-56,60-61H,4-6,8-9,11-15,18,21-24,27,30-32,34-35,37-41,43-44,46-53H2,1-3H3,(H,59,62)/b10-7+,19-16+,20-17-,28-25+,29-26-,36-33+,45-42+. The third-order valence-electron chi connectivity index (χ3n) is 11.7. The minimum Gasteiger partial charge on any atom is -0.462 e. The summed E-state index contributed by atoms with van der Waals surface area (Å²) in [5.41, 5.74) is 0. The zero-order valence-corrected chi connectivity index (χ0v) is 41.9. The number of carbonyl (C=O) groups is 2. The maximum Gasteiger partial charge on any atom is 0.306 e. The van der Waals surface area contributed by atoms with Crippen LogP contribution in [0, 0.1) is 0 Å². The van der Waals surface area contributed by atoms with Crippen molar-refractivity contribution in [3.8, 4) is 0 Å². The van der Waals surface area contributed by atoms with Crippen molar-refractivity contribution in [1.82, 2.24) is 5.32 Å². The first-order valence-electron chi connectivity index (χ1n) is 26.8. The second kappa shape index (κ2) is 51.0. The van der Waals surface area contributed by atoms with Crippen molar-refractivity contribution in [3.05, 3.63) is 85.1 Å². The Balaban J connectivity index is 4.72. The number of allylic oxidation sites excluding steroid dienone is 14. The normalized spacial score (nSPS) is 13.9. The van der Waals surface area contributed by atoms with Crippen molar-refractivity contribution in [2.45, 2.75) is 264 Å². The molecule has 0 spiro atoms. The average molecular weight is 892 g/mol. The zero-order chi connectivity index (χ0) is 46.7. The van der Waals surface area contributed by atoms with Crippen LogP contribution in [-0.4, -0.2) is 46.9 Å². The van der Waals surface area contributed by atoms with Gasteiger partial charge in [-0.1, -0.05) is 228 Å². The van der Waals surface area contributed by atoms with E-state index >= 15 is 0 Å². The van der Waals surface area contributed by atoms with Gasteiger partial charge >= 0.3 is 5.97 Å². The number of aliphatic hydroxyl groups excluding tert-OH is 2. The molecule has 0 saturated carbocycles. The third kappa shape index (κ3) is 45.6. The summed E-state index contributed by atoms with van der Waals surface area (Å²) in [6, 6.07) is -0.725. The van der Waals surface area contributed by atoms with Gasteiger partial charge in [0.15, 0.2) is 0 Å². The van der Waals surface area contributed by atoms with Crippen LogP contribution in [0.4, 0.5) is 0 Å². The van der Waals surface area contributed by atoms with E-state index in [9.17, 15) is 19.8 Å². The number of rotatable bonds is 47. The van der Waals surface area contributed by atoms with Crippen molar-refractivity contribution in [2.24, 2.45) is 0 Å². The van der Waals surface area contributed by atoms with Crippen LogP contribution >= 0.6 is 0 Å². The Kier molecular flexibility index (Phi) is 48.7. The molecule has 64 heavy (non-hydrogen) atoms. The minimum atomic E-state index is -0.808. The molecule has 0 aliphatic rings. The maximum atomic E-state index is 13.2. The van der Waals surface area contributed by atoms with Gasteiger partial charge in [0.25, 0.3) is 0 Å². The van der Waals surface area contributed by atoms with Crippen LogP contribution in [0.15, 0.2) is 85.1 Å². The molecule has 3 N–H and O–H groups in total. The number of nitrogens with one attached hydrogen (secondary N) is 1. The van der Waals surface area contributed by atoms with Gasteiger partial charge in [-0.15, -0.1) is 0 Å². The molecule has 0 aliphatic heterocycles. The highest BCUT2D eigenvalue weighted by atomic mass is 16.5. The Bertz CT molecular complexity index is 1230. The van der Waals surface area contributed by atoms with Crippen LogP contribution in [0.1, 0.15) is 245 Å². The molecule has 0 aliphatic carbocycles. The second-order valence-corrected chi connectivity index (χ2v) is 17.9. The van der Waals surface area contributed by atoms with E-state index < -0.39 is 18.2 Å². The molecule has 6 nitrogen and oxygen atoms in total. The lowest BCUT2D eigenvalue weighted by atomic mass is 10.0. The fourth-order valence-corrected chi connectivity index (χ4v) is 7.69. The van der Waals surface area contributed by atoms with Crippen molar-refractivity contribution in [2.75, 3.05) is 6.61 Å². The average Bonchev–Trinajstić information content (AvgIpc) is 3.29. The van der Waals surface area contributed by atoms with Gasteiger partial charge in [-0.3, -0.25) is 9.59 Å². The lowest BCUT2D eigenvalue weighted by molar-refractivity contribution is -0.150. The number of aliphatic hydroxyl groups is 2. The van der Waals surface area contributed by atoms with Crippen LogP contribution in [0.25, 0.3) is 0 Å². The molecule has 6 heteroatoms. The summed E-state index contributed by atoms with van der Waals surface area (Å²) in [6.07, 6.45) is 66.5. The molecule has 0 aromatic rings. The van der Waals surface area contributed by atoms with Crippen LogP contribution in [0.5, 0.6) is 0 Å². The largest absolute Gasteiger partial charge is 0.462 e. The van der Waals surface area contributed by atoms with E-state index in [1.165, 1.54) is 96.3 Å². The Labute approximate surface area is 395 Å². The highest BCUT2D eigenvalue weighted by molar-refractivity contribution is 5.77. The van der Waals surface area contributed by atoms with Gasteiger partial charge in [0.05, 0.1) is 25.2 Å². The summed E-state index contributed by atoms with van der Waals surface area (Å²) < 4.78 is 5.89. The number of amides is 1. The molecule has 0 heterocycles. The smallest absolute Gasteiger partial charge is 0.306 e. The summed E-state index contributed by atoms with van der Waals surface area (Å²) in [5.74, 6) is -0.588. The molecule has 0 fully saturated rings. The SMILES string of the molecule is CC/C=C/C/C=C/C/C=C/C/C=C/C/C=C/CCC(=O)OC(CCCCCCC/C=C\C/C=C\CCCCC)CC(=O)NC(CO)C(O)CCCCCCCCCCCCCCCC. The van der Waals surface area contributed by atoms with Gasteiger partial charge in [-0.05, 0) is 89.9 Å². The first kappa shape index (κ1) is 61.0. The van der Waals surface area contributed by atoms with Gasteiger partial charge in [-0.25, -0.2) is 0 Å². The van der Waals surface area contributed by atoms with Crippen molar-refractivity contribution in [3.63, 3.8) is 0 Å². The molecule has 3 unspecified atom stereocenters. The summed E-state index contributed by atoms with van der Waals surface area (Å²) in [6.45, 7) is 6.33. The summed E-state index contributed by atoms with van der Waals surface area (Å²) in [5, 5.41) is 23.8. The molecular weight excluding hydrogens is 791 g/mol. The van der Waals surface area contributed by atoms with Gasteiger partial charge in [0.2, 0.25) is 5.91 Å². The lowest BCUT2D eigenvalue weighted by Gasteiger charge is -2.24. The van der Waals surface area contributed by atoms with E-state index in [0.29, 0.717) is 19.3 Å². The zero-order valence-electron chi connectivity index (χ0n) is 41.9. The fourth-order valence-electron chi connectivity index (χ4n) is 7.69. The molecule has 1 amide bonds. The quantitative estimate of drug-likeness (QED) is 0.0321. The van der Waals surface area contributed by atoms with E-state index in [0.717, 1.165) is 96.3 Å². The van der Waals surface area contributed by atoms with E-state index in [1.807, 2.05) is 6.08 Å². The number of hydrogen-bond donors (Lipinski definition) is 3. The van der Waals surface area contributed by atoms with Crippen LogP contribution in [0.3, 0.4) is 0 Å². The Morgan fingerprint density at radius 3 is 1.31 bits per heavy atom. The number of hydrogen-bond acceptors (Lipinski definition) is 5. The van der Waals surface area contributed by atoms with Crippen LogP contribution < -0.4 is 5.32 Å². The summed E-state index contributed by atoms with van der Waals surface area (Å²) >= 11 is 0. The minimum absolute atomic E-state index is 0.0351. The molecule has 3 atom stereocenters. The molecule has 0 aromatic heterocycles. The Morgan fingerprint density at radius 1 is 0.469 bits per heavy atom. The van der Waals surface area contributed by atoms with E-state index in [2.05, 4.69) is 105 Å². The van der Waals surface area contributed by atoms with Crippen LogP contribution in [-0.2, 0) is 14.3 Å². The van der Waals surface area contributed by atoms with E-state index in [4.69, 9.17) is 4.74 Å². The third-order valence-corrected chi connectivity index (χ3v) is 11.7. The van der Waals surface area contributed by atoms with E-state index in [1.54, 1.807) is 0 Å². The highest BCUT2D eigenvalue weighted by Gasteiger charge is 2.24. The molecule has 0 aromatic carbocycles. The number of unbranched alkanes of at least 4 members (excludes halogenated alkanes) is 21. The fraction of sp³-hybridized carbons (Fsp3) is 0.724. The monoisotopic (exact) mass is 892 g/mol. The van der Waals surface area contributed by atoms with Crippen LogP contribution in [0.2, 0.25) is 0 Å². The Morgan fingerprint density at radius 2 is 0.844 bits per heavy atom. The molecule has 0 bridgehead atoms. The first-order valence-corrected chi connectivity index (χ1v) is 26.8. The van der Waals surface area contributed by atoms with Crippen molar-refractivity contribution < 1.29 is 24.5 Å². The predicted molar refractivity (Wildman–Crippen MR) is 278 cm³/mol. The summed E-state index contributed by atoms with van der Waals surface area (Å²) in [7, 11) is 0. The molecule has 0 radical (unpaired) electrons. The van der Waals surface area contributed by atoms with E-state index in [-0.39, 0.29) is 31.3 Å².